The van der Waals surface area contributed by atoms with Crippen LogP contribution in [0.5, 0.6) is 0 Å². The third kappa shape index (κ3) is 3.19. The molecule has 0 bridgehead atoms. The fourth-order valence-electron chi connectivity index (χ4n) is 3.19. The van der Waals surface area contributed by atoms with Gasteiger partial charge in [0.1, 0.15) is 0 Å². The van der Waals surface area contributed by atoms with Gasteiger partial charge in [0.2, 0.25) is 0 Å². The van der Waals surface area contributed by atoms with Crippen LogP contribution in [-0.2, 0) is 4.74 Å². The number of hydrogen-bond donors (Lipinski definition) is 1. The van der Waals surface area contributed by atoms with Gasteiger partial charge in [-0.2, -0.15) is 0 Å². The smallest absolute Gasteiger partial charge is 0.0674 e. The summed E-state index contributed by atoms with van der Waals surface area (Å²) in [4.78, 5) is 2.59. The van der Waals surface area contributed by atoms with Gasteiger partial charge in [-0.25, -0.2) is 0 Å². The second-order valence-electron chi connectivity index (χ2n) is 5.38. The summed E-state index contributed by atoms with van der Waals surface area (Å²) in [5, 5.41) is 3.50. The van der Waals surface area contributed by atoms with E-state index in [1.807, 2.05) is 0 Å². The Hall–Kier alpha value is -0.120. The van der Waals surface area contributed by atoms with Gasteiger partial charge in [0, 0.05) is 25.7 Å². The average molecular weight is 226 g/mol. The van der Waals surface area contributed by atoms with Gasteiger partial charge in [-0.15, -0.1) is 0 Å². The van der Waals surface area contributed by atoms with E-state index in [-0.39, 0.29) is 0 Å². The largest absolute Gasteiger partial charge is 0.376 e. The number of nitrogens with one attached hydrogen (secondary N) is 1. The Morgan fingerprint density at radius 2 is 2.12 bits per heavy atom. The highest BCUT2D eigenvalue weighted by Crippen LogP contribution is 2.25. The number of ether oxygens (including phenoxy) is 1. The third-order valence-electron chi connectivity index (χ3n) is 4.10. The molecule has 3 nitrogen and oxygen atoms in total. The molecule has 1 aliphatic heterocycles. The van der Waals surface area contributed by atoms with Gasteiger partial charge in [0.15, 0.2) is 0 Å². The molecule has 0 aromatic carbocycles. The van der Waals surface area contributed by atoms with Crippen molar-refractivity contribution in [2.45, 2.75) is 44.8 Å². The maximum atomic E-state index is 5.59. The molecule has 0 amide bonds. The summed E-state index contributed by atoms with van der Waals surface area (Å²) >= 11 is 0. The lowest BCUT2D eigenvalue weighted by atomic mass is 9.84. The van der Waals surface area contributed by atoms with Crippen molar-refractivity contribution in [3.05, 3.63) is 0 Å². The summed E-state index contributed by atoms with van der Waals surface area (Å²) in [7, 11) is 2.12. The topological polar surface area (TPSA) is 24.5 Å². The first kappa shape index (κ1) is 12.3. The SMILES string of the molecule is CNC1CCCCC1CN1CCOC(C)C1. The highest BCUT2D eigenvalue weighted by atomic mass is 16.5. The van der Waals surface area contributed by atoms with E-state index in [0.717, 1.165) is 31.7 Å². The van der Waals surface area contributed by atoms with Crippen LogP contribution in [0.25, 0.3) is 0 Å². The average Bonchev–Trinajstić information content (AvgIpc) is 2.30. The summed E-state index contributed by atoms with van der Waals surface area (Å²) in [6.07, 6.45) is 6.01. The minimum atomic E-state index is 0.422. The van der Waals surface area contributed by atoms with Crippen LogP contribution in [0, 0.1) is 5.92 Å². The quantitative estimate of drug-likeness (QED) is 0.789. The van der Waals surface area contributed by atoms with E-state index in [4.69, 9.17) is 4.74 Å². The van der Waals surface area contributed by atoms with Crippen LogP contribution in [0.2, 0.25) is 0 Å². The monoisotopic (exact) mass is 226 g/mol. The van der Waals surface area contributed by atoms with Gasteiger partial charge in [0.05, 0.1) is 12.7 Å². The molecule has 2 fully saturated rings. The van der Waals surface area contributed by atoms with Gasteiger partial charge >= 0.3 is 0 Å². The Balaban J connectivity index is 1.82. The maximum absolute atomic E-state index is 5.59. The van der Waals surface area contributed by atoms with E-state index >= 15 is 0 Å². The molecular formula is C13H26N2O. The molecule has 2 aliphatic rings. The summed E-state index contributed by atoms with van der Waals surface area (Å²) in [5.41, 5.74) is 0. The highest BCUT2D eigenvalue weighted by Gasteiger charge is 2.27. The van der Waals surface area contributed by atoms with E-state index in [0.29, 0.717) is 6.10 Å². The first-order valence-electron chi connectivity index (χ1n) is 6.81. The second-order valence-corrected chi connectivity index (χ2v) is 5.38. The normalized spacial score (nSPS) is 37.5. The lowest BCUT2D eigenvalue weighted by Gasteiger charge is -2.38. The Kier molecular flexibility index (Phi) is 4.62. The van der Waals surface area contributed by atoms with Crippen molar-refractivity contribution in [2.75, 3.05) is 33.3 Å². The van der Waals surface area contributed by atoms with Crippen molar-refractivity contribution < 1.29 is 4.74 Å². The predicted octanol–water partition coefficient (Wildman–Crippen LogP) is 1.49. The number of nitrogens with zero attached hydrogens (tertiary/aromatic N) is 1. The van der Waals surface area contributed by atoms with Crippen LogP contribution >= 0.6 is 0 Å². The third-order valence-corrected chi connectivity index (χ3v) is 4.10. The minimum Gasteiger partial charge on any atom is -0.376 e. The zero-order valence-electron chi connectivity index (χ0n) is 10.7. The van der Waals surface area contributed by atoms with E-state index in [1.54, 1.807) is 0 Å². The predicted molar refractivity (Wildman–Crippen MR) is 66.7 cm³/mol. The molecule has 1 aliphatic carbocycles. The van der Waals surface area contributed by atoms with E-state index in [1.165, 1.54) is 32.2 Å². The van der Waals surface area contributed by atoms with Gasteiger partial charge in [-0.1, -0.05) is 12.8 Å². The second kappa shape index (κ2) is 5.99. The number of rotatable bonds is 3. The molecule has 0 radical (unpaired) electrons. The highest BCUT2D eigenvalue weighted by molar-refractivity contribution is 4.83. The van der Waals surface area contributed by atoms with Crippen LogP contribution in [-0.4, -0.2) is 50.3 Å². The van der Waals surface area contributed by atoms with Gasteiger partial charge < -0.3 is 10.1 Å². The first-order chi connectivity index (χ1) is 7.79. The fraction of sp³-hybridized carbons (Fsp3) is 1.00. The summed E-state index contributed by atoms with van der Waals surface area (Å²) in [6, 6.07) is 0.743. The lowest BCUT2D eigenvalue weighted by Crippen LogP contribution is -2.48. The van der Waals surface area contributed by atoms with Crippen molar-refractivity contribution in [3.8, 4) is 0 Å². The van der Waals surface area contributed by atoms with Gasteiger partial charge in [0.25, 0.3) is 0 Å². The molecule has 1 saturated heterocycles. The molecule has 0 spiro atoms. The Bertz CT molecular complexity index is 210. The van der Waals surface area contributed by atoms with E-state index in [9.17, 15) is 0 Å². The van der Waals surface area contributed by atoms with Gasteiger partial charge in [-0.05, 0) is 32.7 Å². The van der Waals surface area contributed by atoms with Crippen LogP contribution in [0.3, 0.4) is 0 Å². The first-order valence-corrected chi connectivity index (χ1v) is 6.81. The molecule has 1 heterocycles. The summed E-state index contributed by atoms with van der Waals surface area (Å²) in [5.74, 6) is 0.851. The number of morpholine rings is 1. The van der Waals surface area contributed by atoms with Crippen LogP contribution in [0.15, 0.2) is 0 Å². The molecule has 3 unspecified atom stereocenters. The molecule has 16 heavy (non-hydrogen) atoms. The number of hydrogen-bond acceptors (Lipinski definition) is 3. The van der Waals surface area contributed by atoms with E-state index in [2.05, 4.69) is 24.2 Å². The van der Waals surface area contributed by atoms with Crippen molar-refractivity contribution >= 4 is 0 Å². The summed E-state index contributed by atoms with van der Waals surface area (Å²) in [6.45, 7) is 6.60. The molecule has 2 rings (SSSR count). The van der Waals surface area contributed by atoms with Crippen LogP contribution in [0.4, 0.5) is 0 Å². The van der Waals surface area contributed by atoms with Crippen LogP contribution < -0.4 is 5.32 Å². The molecule has 1 N–H and O–H groups in total. The molecule has 3 heteroatoms. The Morgan fingerprint density at radius 3 is 2.88 bits per heavy atom. The molecular weight excluding hydrogens is 200 g/mol. The fourth-order valence-corrected chi connectivity index (χ4v) is 3.19. The molecule has 0 aromatic heterocycles. The molecule has 0 aromatic rings. The summed E-state index contributed by atoms with van der Waals surface area (Å²) < 4.78 is 5.59. The maximum Gasteiger partial charge on any atom is 0.0674 e. The molecule has 94 valence electrons. The van der Waals surface area contributed by atoms with Crippen molar-refractivity contribution in [3.63, 3.8) is 0 Å². The Labute approximate surface area is 99.5 Å². The zero-order valence-corrected chi connectivity index (χ0v) is 10.7. The molecule has 1 saturated carbocycles. The Morgan fingerprint density at radius 1 is 1.31 bits per heavy atom. The van der Waals surface area contributed by atoms with Crippen LogP contribution in [0.1, 0.15) is 32.6 Å². The molecule has 3 atom stereocenters. The standard InChI is InChI=1S/C13H26N2O/c1-11-9-15(7-8-16-11)10-12-5-3-4-6-13(12)14-2/h11-14H,3-10H2,1-2H3. The zero-order chi connectivity index (χ0) is 11.4. The lowest BCUT2D eigenvalue weighted by molar-refractivity contribution is -0.0263. The van der Waals surface area contributed by atoms with Crippen molar-refractivity contribution in [1.82, 2.24) is 10.2 Å². The van der Waals surface area contributed by atoms with Crippen molar-refractivity contribution in [1.29, 1.82) is 0 Å². The van der Waals surface area contributed by atoms with Crippen molar-refractivity contribution in [2.24, 2.45) is 5.92 Å². The van der Waals surface area contributed by atoms with E-state index < -0.39 is 0 Å². The minimum absolute atomic E-state index is 0.422. The van der Waals surface area contributed by atoms with Gasteiger partial charge in [-0.3, -0.25) is 4.90 Å².